The summed E-state index contributed by atoms with van der Waals surface area (Å²) in [5.41, 5.74) is 2.58. The smallest absolute Gasteiger partial charge is 0.142 e. The van der Waals surface area contributed by atoms with E-state index < -0.39 is 0 Å². The van der Waals surface area contributed by atoms with Gasteiger partial charge < -0.3 is 9.64 Å². The first kappa shape index (κ1) is 14.4. The Balaban J connectivity index is 1.43. The molecule has 3 heteroatoms. The normalized spacial score (nSPS) is 31.7. The molecule has 0 radical (unpaired) electrons. The van der Waals surface area contributed by atoms with E-state index in [-0.39, 0.29) is 0 Å². The summed E-state index contributed by atoms with van der Waals surface area (Å²) in [5.74, 6) is 3.06. The number of nitrogens with zero attached hydrogens (tertiary/aromatic N) is 2. The lowest BCUT2D eigenvalue weighted by atomic mass is 9.93. The van der Waals surface area contributed by atoms with Crippen LogP contribution in [0, 0.1) is 18.8 Å². The molecule has 120 valence electrons. The van der Waals surface area contributed by atoms with E-state index in [1.165, 1.54) is 50.0 Å². The maximum Gasteiger partial charge on any atom is 0.142 e. The third-order valence-corrected chi connectivity index (χ3v) is 6.16. The number of hydrogen-bond donors (Lipinski definition) is 0. The van der Waals surface area contributed by atoms with E-state index in [1.54, 1.807) is 7.11 Å². The van der Waals surface area contributed by atoms with Gasteiger partial charge in [-0.3, -0.25) is 4.90 Å². The molecule has 2 saturated carbocycles. The zero-order chi connectivity index (χ0) is 15.1. The first-order chi connectivity index (χ1) is 10.7. The van der Waals surface area contributed by atoms with Crippen LogP contribution in [0.4, 0.5) is 5.69 Å². The Morgan fingerprint density at radius 3 is 2.50 bits per heavy atom. The van der Waals surface area contributed by atoms with Crippen molar-refractivity contribution in [3.8, 4) is 5.75 Å². The van der Waals surface area contributed by atoms with Gasteiger partial charge in [0.15, 0.2) is 0 Å². The zero-order valence-electron chi connectivity index (χ0n) is 13.9. The van der Waals surface area contributed by atoms with Crippen LogP contribution in [0.15, 0.2) is 18.2 Å². The average molecular weight is 300 g/mol. The van der Waals surface area contributed by atoms with Crippen LogP contribution < -0.4 is 9.64 Å². The molecule has 3 unspecified atom stereocenters. The molecule has 1 aliphatic heterocycles. The highest BCUT2D eigenvalue weighted by Crippen LogP contribution is 2.46. The molecular formula is C19H28N2O. The first-order valence-electron chi connectivity index (χ1n) is 8.88. The predicted molar refractivity (Wildman–Crippen MR) is 90.8 cm³/mol. The molecule has 2 aliphatic carbocycles. The monoisotopic (exact) mass is 300 g/mol. The highest BCUT2D eigenvalue weighted by Gasteiger charge is 2.42. The molecule has 3 nitrogen and oxygen atoms in total. The van der Waals surface area contributed by atoms with Crippen molar-refractivity contribution in [2.24, 2.45) is 11.8 Å². The molecule has 2 bridgehead atoms. The van der Waals surface area contributed by atoms with Gasteiger partial charge in [0.2, 0.25) is 0 Å². The summed E-state index contributed by atoms with van der Waals surface area (Å²) in [6.45, 7) is 6.85. The molecule has 0 spiro atoms. The van der Waals surface area contributed by atoms with Crippen molar-refractivity contribution < 1.29 is 4.74 Å². The van der Waals surface area contributed by atoms with Gasteiger partial charge in [-0.15, -0.1) is 0 Å². The minimum absolute atomic E-state index is 0.889. The predicted octanol–water partition coefficient (Wildman–Crippen LogP) is 3.31. The van der Waals surface area contributed by atoms with E-state index in [1.807, 2.05) is 0 Å². The van der Waals surface area contributed by atoms with Crippen LogP contribution in [-0.4, -0.2) is 44.2 Å². The van der Waals surface area contributed by atoms with Gasteiger partial charge >= 0.3 is 0 Å². The highest BCUT2D eigenvalue weighted by atomic mass is 16.5. The lowest BCUT2D eigenvalue weighted by molar-refractivity contribution is 0.135. The molecule has 4 rings (SSSR count). The lowest BCUT2D eigenvalue weighted by Crippen LogP contribution is -2.51. The van der Waals surface area contributed by atoms with Gasteiger partial charge in [0.25, 0.3) is 0 Å². The molecule has 1 saturated heterocycles. The topological polar surface area (TPSA) is 15.7 Å². The number of hydrogen-bond acceptors (Lipinski definition) is 3. The zero-order valence-corrected chi connectivity index (χ0v) is 13.9. The summed E-state index contributed by atoms with van der Waals surface area (Å²) in [5, 5.41) is 0. The molecular weight excluding hydrogens is 272 g/mol. The van der Waals surface area contributed by atoms with Gasteiger partial charge in [-0.2, -0.15) is 0 Å². The standard InChI is InChI=1S/C19H28N2O/c1-14-3-6-19(22-2)18(11-14)21-9-7-20(8-10-21)17-13-15-4-5-16(17)12-15/h3,6,11,15-17H,4-5,7-10,12-13H2,1-2H3. The van der Waals surface area contributed by atoms with Gasteiger partial charge in [-0.1, -0.05) is 12.5 Å². The Labute approximate surface area is 134 Å². The molecule has 0 amide bonds. The summed E-state index contributed by atoms with van der Waals surface area (Å²) in [6.07, 6.45) is 5.97. The van der Waals surface area contributed by atoms with E-state index in [4.69, 9.17) is 4.74 Å². The largest absolute Gasteiger partial charge is 0.495 e. The summed E-state index contributed by atoms with van der Waals surface area (Å²) < 4.78 is 5.57. The van der Waals surface area contributed by atoms with Crippen molar-refractivity contribution in [1.29, 1.82) is 0 Å². The molecule has 0 aromatic heterocycles. The number of piperazine rings is 1. The second-order valence-corrected chi connectivity index (χ2v) is 7.44. The molecule has 0 N–H and O–H groups in total. The second-order valence-electron chi connectivity index (χ2n) is 7.44. The van der Waals surface area contributed by atoms with Crippen molar-refractivity contribution in [1.82, 2.24) is 4.90 Å². The number of aryl methyl sites for hydroxylation is 1. The quantitative estimate of drug-likeness (QED) is 0.852. The number of fused-ring (bicyclic) bond motifs is 2. The Kier molecular flexibility index (Phi) is 3.77. The van der Waals surface area contributed by atoms with Gasteiger partial charge in [0.1, 0.15) is 5.75 Å². The minimum Gasteiger partial charge on any atom is -0.495 e. The number of ether oxygens (including phenoxy) is 1. The average Bonchev–Trinajstić information content (AvgIpc) is 3.18. The Bertz CT molecular complexity index is 536. The van der Waals surface area contributed by atoms with E-state index in [0.29, 0.717) is 0 Å². The van der Waals surface area contributed by atoms with Crippen LogP contribution in [0.3, 0.4) is 0 Å². The van der Waals surface area contributed by atoms with Crippen molar-refractivity contribution in [3.05, 3.63) is 23.8 Å². The van der Waals surface area contributed by atoms with Crippen molar-refractivity contribution in [2.45, 2.75) is 38.6 Å². The maximum absolute atomic E-state index is 5.57. The van der Waals surface area contributed by atoms with E-state index in [0.717, 1.165) is 36.7 Å². The number of benzene rings is 1. The molecule has 3 fully saturated rings. The molecule has 3 aliphatic rings. The Hall–Kier alpha value is -1.22. The summed E-state index contributed by atoms with van der Waals surface area (Å²) in [6, 6.07) is 7.40. The Morgan fingerprint density at radius 2 is 1.86 bits per heavy atom. The van der Waals surface area contributed by atoms with Gasteiger partial charge in [-0.05, 0) is 55.7 Å². The Morgan fingerprint density at radius 1 is 1.05 bits per heavy atom. The number of methoxy groups -OCH3 is 1. The minimum atomic E-state index is 0.889. The van der Waals surface area contributed by atoms with Gasteiger partial charge in [-0.25, -0.2) is 0 Å². The van der Waals surface area contributed by atoms with Crippen molar-refractivity contribution in [2.75, 3.05) is 38.2 Å². The van der Waals surface area contributed by atoms with Crippen molar-refractivity contribution >= 4 is 5.69 Å². The van der Waals surface area contributed by atoms with E-state index in [2.05, 4.69) is 34.9 Å². The second kappa shape index (κ2) is 5.77. The highest BCUT2D eigenvalue weighted by molar-refractivity contribution is 5.60. The van der Waals surface area contributed by atoms with Crippen molar-refractivity contribution in [3.63, 3.8) is 0 Å². The number of anilines is 1. The molecule has 22 heavy (non-hydrogen) atoms. The van der Waals surface area contributed by atoms with Crippen LogP contribution in [0.2, 0.25) is 0 Å². The summed E-state index contributed by atoms with van der Waals surface area (Å²) >= 11 is 0. The molecule has 1 aromatic rings. The third-order valence-electron chi connectivity index (χ3n) is 6.16. The van der Waals surface area contributed by atoms with Crippen LogP contribution >= 0.6 is 0 Å². The van der Waals surface area contributed by atoms with Gasteiger partial charge in [0, 0.05) is 32.2 Å². The number of rotatable bonds is 3. The first-order valence-corrected chi connectivity index (χ1v) is 8.88. The fourth-order valence-corrected chi connectivity index (χ4v) is 5.00. The molecule has 1 aromatic carbocycles. The van der Waals surface area contributed by atoms with Gasteiger partial charge in [0.05, 0.1) is 12.8 Å². The van der Waals surface area contributed by atoms with E-state index in [9.17, 15) is 0 Å². The van der Waals surface area contributed by atoms with Crippen LogP contribution in [0.25, 0.3) is 0 Å². The van der Waals surface area contributed by atoms with Crippen LogP contribution in [-0.2, 0) is 0 Å². The van der Waals surface area contributed by atoms with E-state index >= 15 is 0 Å². The molecule has 1 heterocycles. The lowest BCUT2D eigenvalue weighted by Gasteiger charge is -2.42. The maximum atomic E-state index is 5.57. The fraction of sp³-hybridized carbons (Fsp3) is 0.684. The summed E-state index contributed by atoms with van der Waals surface area (Å²) in [7, 11) is 1.78. The summed E-state index contributed by atoms with van der Waals surface area (Å²) in [4.78, 5) is 5.29. The third kappa shape index (κ3) is 2.50. The molecule has 3 atom stereocenters. The SMILES string of the molecule is COc1ccc(C)cc1N1CCN(C2CC3CCC2C3)CC1. The van der Waals surface area contributed by atoms with Crippen LogP contribution in [0.1, 0.15) is 31.2 Å². The van der Waals surface area contributed by atoms with Crippen LogP contribution in [0.5, 0.6) is 5.75 Å². The fourth-order valence-electron chi connectivity index (χ4n) is 5.00.